The van der Waals surface area contributed by atoms with Gasteiger partial charge < -0.3 is 18.9 Å². The van der Waals surface area contributed by atoms with E-state index in [1.165, 1.54) is 50.5 Å². The van der Waals surface area contributed by atoms with Crippen molar-refractivity contribution in [3.63, 3.8) is 0 Å². The Morgan fingerprint density at radius 2 is 1.21 bits per heavy atom. The molecular weight excluding hydrogens is 1310 g/mol. The van der Waals surface area contributed by atoms with E-state index >= 15 is 0 Å². The zero-order valence-electron chi connectivity index (χ0n) is 67.9. The molecule has 0 amide bonds. The molecular formula is C85H141N18O2+. The van der Waals surface area contributed by atoms with Gasteiger partial charge in [0.2, 0.25) is 0 Å². The van der Waals surface area contributed by atoms with E-state index in [9.17, 15) is 4.79 Å². The Bertz CT molecular complexity index is 4050. The van der Waals surface area contributed by atoms with Crippen LogP contribution in [0.4, 0.5) is 0 Å². The zero-order chi connectivity index (χ0) is 76.8. The van der Waals surface area contributed by atoms with Gasteiger partial charge in [0.1, 0.15) is 29.6 Å². The standard InChI is InChI=1S/C11H16N4O.C11H16N2.C10H14N2O.2C10H12N2.C9H11N3.C9H12N3.6C2H6.3CH4/c1-6(2)8-9-10(13-7(3)12-8)15(5)11(16)14(9)4;1-8(2)9-4-6-13-11-7-12-5-3-10(9)11;1-7(2)10-8-3-4-13-5-9(8)11-6-12-10;1-8(2)9-3-4-12-7-11-6-10(12)5-9;1-8(2)9-7-11-10-5-3-4-6-12(9)10;1-7(2)8-3-4-12-6-10-5-9(12)11-8;1-7(2)8-3-4-10-9-11-5-6-12(8)9;6*1-2;;;/h6H,1-5H3;4,6,8,12H,3,5,7H2,1-2H3;6-7H,3-5H2,1-2H3;2*3-8H,1-2H3;3-7H,1-2H3;3-7,9H,1-2H3;6*1-2H3;3*1H4/q;;;;;;+1;;;;;;;;;. The van der Waals surface area contributed by atoms with Crippen LogP contribution in [0.15, 0.2) is 131 Å². The second-order valence-corrected chi connectivity index (χ2v) is 25.0. The van der Waals surface area contributed by atoms with Crippen LogP contribution in [-0.2, 0) is 44.8 Å². The first-order valence-electron chi connectivity index (χ1n) is 37.6. The summed E-state index contributed by atoms with van der Waals surface area (Å²) >= 11 is 0. The number of aliphatic imine (C=N–C) groups is 2. The quantitative estimate of drug-likeness (QED) is 0.148. The molecule has 10 aromatic rings. The lowest BCUT2D eigenvalue weighted by molar-refractivity contribution is -0.512. The molecule has 0 saturated heterocycles. The number of hydrogen-bond acceptors (Lipinski definition) is 14. The molecule has 1 atom stereocenters. The summed E-state index contributed by atoms with van der Waals surface area (Å²) in [5, 5.41) is 3.34. The first-order chi connectivity index (χ1) is 49.1. The van der Waals surface area contributed by atoms with Crippen LogP contribution in [0.25, 0.3) is 28.0 Å². The van der Waals surface area contributed by atoms with E-state index in [2.05, 4.69) is 197 Å². The van der Waals surface area contributed by atoms with Gasteiger partial charge in [0, 0.05) is 92.5 Å². The molecule has 0 saturated carbocycles. The predicted molar refractivity (Wildman–Crippen MR) is 450 cm³/mol. The van der Waals surface area contributed by atoms with Crippen LogP contribution in [0.5, 0.6) is 0 Å². The summed E-state index contributed by atoms with van der Waals surface area (Å²) in [6.45, 7) is 59.7. The molecule has 0 bridgehead atoms. The topological polar surface area (TPSA) is 205 Å². The molecule has 105 heavy (non-hydrogen) atoms. The van der Waals surface area contributed by atoms with Crippen LogP contribution in [0.1, 0.15) is 300 Å². The summed E-state index contributed by atoms with van der Waals surface area (Å²) < 4.78 is 16.7. The summed E-state index contributed by atoms with van der Waals surface area (Å²) in [4.78, 5) is 58.8. The lowest BCUT2D eigenvalue weighted by Gasteiger charge is -2.20. The maximum absolute atomic E-state index is 11.8. The highest BCUT2D eigenvalue weighted by Gasteiger charge is 2.30. The van der Waals surface area contributed by atoms with Gasteiger partial charge in [-0.25, -0.2) is 49.7 Å². The van der Waals surface area contributed by atoms with Gasteiger partial charge in [-0.15, -0.1) is 0 Å². The Labute approximate surface area is 634 Å². The highest BCUT2D eigenvalue weighted by Crippen LogP contribution is 2.26. The Morgan fingerprint density at radius 3 is 1.83 bits per heavy atom. The van der Waals surface area contributed by atoms with Gasteiger partial charge in [0.25, 0.3) is 0 Å². The first-order valence-corrected chi connectivity index (χ1v) is 37.6. The second-order valence-electron chi connectivity index (χ2n) is 25.0. The number of allylic oxidation sites excluding steroid dienone is 2. The average molecular weight is 1450 g/mol. The minimum atomic E-state index is -0.0585. The van der Waals surface area contributed by atoms with Crippen molar-refractivity contribution in [2.24, 2.45) is 30.0 Å². The molecule has 14 heterocycles. The fraction of sp³-hybridized carbons (Fsp3) is 0.541. The highest BCUT2D eigenvalue weighted by molar-refractivity contribution is 6.14. The van der Waals surface area contributed by atoms with E-state index in [1.807, 2.05) is 179 Å². The third-order valence-corrected chi connectivity index (χ3v) is 15.9. The van der Waals surface area contributed by atoms with E-state index in [0.717, 1.165) is 66.4 Å². The smallest absolute Gasteiger partial charge is 0.351 e. The number of nitrogens with one attached hydrogen (secondary N) is 1. The average Bonchev–Trinajstić information content (AvgIpc) is 1.67. The number of imidazole rings is 4. The van der Waals surface area contributed by atoms with Crippen LogP contribution >= 0.6 is 0 Å². The minimum absolute atomic E-state index is 0. The number of ether oxygens (including phenoxy) is 1. The molecule has 582 valence electrons. The number of nitrogens with zero attached hydrogens (tertiary/aromatic N) is 17. The lowest BCUT2D eigenvalue weighted by atomic mass is 9.93. The molecule has 20 heteroatoms. The number of hydrogen-bond donors (Lipinski definition) is 1. The Morgan fingerprint density at radius 1 is 0.571 bits per heavy atom. The highest BCUT2D eigenvalue weighted by atomic mass is 16.5. The number of pyridine rings is 3. The van der Waals surface area contributed by atoms with Crippen LogP contribution in [0.3, 0.4) is 0 Å². The molecule has 14 rings (SSSR count). The molecule has 0 aromatic carbocycles. The molecule has 1 N–H and O–H groups in total. The van der Waals surface area contributed by atoms with E-state index in [-0.39, 0.29) is 40.2 Å². The second kappa shape index (κ2) is 52.3. The van der Waals surface area contributed by atoms with Crippen molar-refractivity contribution in [3.8, 4) is 0 Å². The minimum Gasteiger partial charge on any atom is -0.375 e. The van der Waals surface area contributed by atoms with E-state index in [0.29, 0.717) is 53.6 Å². The van der Waals surface area contributed by atoms with Crippen LogP contribution in [0.2, 0.25) is 0 Å². The maximum Gasteiger partial charge on any atom is 0.351 e. The normalized spacial score (nSPS) is 12.9. The van der Waals surface area contributed by atoms with Gasteiger partial charge in [0.05, 0.1) is 60.7 Å². The van der Waals surface area contributed by atoms with Crippen LogP contribution in [0, 0.1) is 12.8 Å². The predicted octanol–water partition coefficient (Wildman–Crippen LogP) is 20.5. The van der Waals surface area contributed by atoms with Gasteiger partial charge >= 0.3 is 12.0 Å². The molecule has 4 aliphatic rings. The number of rotatable bonds is 7. The summed E-state index contributed by atoms with van der Waals surface area (Å²) in [5.41, 5.74) is 18.4. The monoisotopic (exact) mass is 1450 g/mol. The van der Waals surface area contributed by atoms with Crippen molar-refractivity contribution in [1.82, 2.24) is 72.5 Å². The summed E-state index contributed by atoms with van der Waals surface area (Å²) in [7, 11) is 3.50. The SMILES string of the molecule is C.C.C.CC.CC.CC.CC.CC.CC.CC(C)C1=CC=NC2N=CC=[N+]12.CC(C)c1ccn2cncc2c1.CC(C)c1ccn2cncc2n1.CC(C)c1ccnc2c1CCNC2.CC(C)c1cnc2ccccn12.CC(C)c1ncnc2c1CCOC2.Cc1nc(C(C)C)c2c(n1)n(C)c(=O)n2C. The van der Waals surface area contributed by atoms with Crippen molar-refractivity contribution < 1.29 is 9.31 Å². The molecule has 0 spiro atoms. The molecule has 1 unspecified atom stereocenters. The van der Waals surface area contributed by atoms with Crippen molar-refractivity contribution in [1.29, 1.82) is 0 Å². The Balaban J connectivity index is 0. The van der Waals surface area contributed by atoms with Crippen molar-refractivity contribution in [2.75, 3.05) is 13.2 Å². The summed E-state index contributed by atoms with van der Waals surface area (Å²) in [5.74, 6) is 4.20. The number of aromatic nitrogens is 14. The van der Waals surface area contributed by atoms with Crippen LogP contribution in [-0.4, -0.2) is 110 Å². The lowest BCUT2D eigenvalue weighted by Crippen LogP contribution is -2.25. The third kappa shape index (κ3) is 28.2. The largest absolute Gasteiger partial charge is 0.375 e. The number of fused-ring (bicyclic) bond motifs is 7. The van der Waals surface area contributed by atoms with E-state index < -0.39 is 0 Å². The maximum atomic E-state index is 11.8. The first kappa shape index (κ1) is 98.3. The van der Waals surface area contributed by atoms with Crippen molar-refractivity contribution >= 4 is 46.6 Å². The van der Waals surface area contributed by atoms with E-state index in [1.54, 1.807) is 42.1 Å². The molecule has 4 aliphatic heterocycles. The van der Waals surface area contributed by atoms with Gasteiger partial charge in [0.15, 0.2) is 23.2 Å². The summed E-state index contributed by atoms with van der Waals surface area (Å²) in [6, 6.07) is 14.6. The Kier molecular flexibility index (Phi) is 48.9. The molecule has 0 radical (unpaired) electrons. The third-order valence-electron chi connectivity index (χ3n) is 15.9. The fourth-order valence-corrected chi connectivity index (χ4v) is 10.9. The fourth-order valence-electron chi connectivity index (χ4n) is 10.9. The van der Waals surface area contributed by atoms with Gasteiger partial charge in [-0.05, 0) is 115 Å². The van der Waals surface area contributed by atoms with Crippen LogP contribution < -0.4 is 11.0 Å². The number of aryl methyl sites for hydroxylation is 3. The van der Waals surface area contributed by atoms with Crippen molar-refractivity contribution in [2.45, 2.75) is 277 Å². The van der Waals surface area contributed by atoms with Crippen molar-refractivity contribution in [3.05, 3.63) is 189 Å². The zero-order valence-corrected chi connectivity index (χ0v) is 67.9. The molecule has 10 aromatic heterocycles. The Hall–Kier alpha value is -8.75. The van der Waals surface area contributed by atoms with Gasteiger partial charge in [-0.1, -0.05) is 208 Å². The van der Waals surface area contributed by atoms with Gasteiger partial charge in [-0.2, -0.15) is 9.57 Å². The summed E-state index contributed by atoms with van der Waals surface area (Å²) in [6.07, 6.45) is 28.6. The van der Waals surface area contributed by atoms with E-state index in [4.69, 9.17) is 4.74 Å². The molecule has 0 fully saturated rings. The molecule has 0 aliphatic carbocycles. The van der Waals surface area contributed by atoms with Gasteiger partial charge in [-0.3, -0.25) is 18.5 Å². The molecule has 20 nitrogen and oxygen atoms in total.